The lowest BCUT2D eigenvalue weighted by molar-refractivity contribution is 0.422. The van der Waals surface area contributed by atoms with Crippen molar-refractivity contribution in [2.75, 3.05) is 0 Å². The summed E-state index contributed by atoms with van der Waals surface area (Å²) in [5, 5.41) is 3.83. The summed E-state index contributed by atoms with van der Waals surface area (Å²) in [5.41, 5.74) is 2.85. The van der Waals surface area contributed by atoms with Crippen LogP contribution >= 0.6 is 0 Å². The Balaban J connectivity index is 1.88. The second kappa shape index (κ2) is 4.79. The van der Waals surface area contributed by atoms with E-state index in [0.717, 1.165) is 12.1 Å². The summed E-state index contributed by atoms with van der Waals surface area (Å²) in [6.07, 6.45) is 4.05. The Morgan fingerprint density at radius 1 is 1.00 bits per heavy atom. The summed E-state index contributed by atoms with van der Waals surface area (Å²) in [5.74, 6) is 0.595. The number of hydrogen-bond acceptors (Lipinski definition) is 4. The smallest absolute Gasteiger partial charge is 0.181 e. The minimum absolute atomic E-state index is 0.595. The first-order valence-corrected chi connectivity index (χ1v) is 5.68. The first-order valence-electron chi connectivity index (χ1n) is 5.68. The second-order valence-corrected chi connectivity index (χ2v) is 3.92. The van der Waals surface area contributed by atoms with E-state index < -0.39 is 0 Å². The Kier molecular flexibility index (Phi) is 2.84. The Morgan fingerprint density at radius 2 is 1.89 bits per heavy atom. The van der Waals surface area contributed by atoms with Gasteiger partial charge in [0.15, 0.2) is 11.5 Å². The molecule has 0 saturated heterocycles. The van der Waals surface area contributed by atoms with Crippen LogP contribution in [0.15, 0.2) is 59.4 Å². The zero-order chi connectivity index (χ0) is 12.2. The van der Waals surface area contributed by atoms with E-state index in [1.54, 1.807) is 12.3 Å². The molecule has 4 heteroatoms. The van der Waals surface area contributed by atoms with Gasteiger partial charge in [0.1, 0.15) is 6.26 Å². The predicted octanol–water partition coefficient (Wildman–Crippen LogP) is 2.72. The molecule has 0 aliphatic carbocycles. The van der Waals surface area contributed by atoms with Crippen LogP contribution < -0.4 is 0 Å². The summed E-state index contributed by atoms with van der Waals surface area (Å²) in [4.78, 5) is 8.67. The van der Waals surface area contributed by atoms with Crippen molar-refractivity contribution < 1.29 is 4.52 Å². The number of rotatable bonds is 3. The topological polar surface area (TPSA) is 51.8 Å². The van der Waals surface area contributed by atoms with Gasteiger partial charge in [-0.15, -0.1) is 0 Å². The summed E-state index contributed by atoms with van der Waals surface area (Å²) in [6, 6.07) is 13.9. The lowest BCUT2D eigenvalue weighted by Gasteiger charge is -2.02. The maximum atomic E-state index is 4.80. The van der Waals surface area contributed by atoms with Gasteiger partial charge in [-0.1, -0.05) is 35.5 Å². The Labute approximate surface area is 104 Å². The Morgan fingerprint density at radius 3 is 2.67 bits per heavy atom. The highest BCUT2D eigenvalue weighted by atomic mass is 16.5. The molecule has 0 atom stereocenters. The van der Waals surface area contributed by atoms with Gasteiger partial charge in [0.2, 0.25) is 0 Å². The molecule has 0 radical (unpaired) electrons. The van der Waals surface area contributed by atoms with Crippen molar-refractivity contribution in [2.45, 2.75) is 6.42 Å². The van der Waals surface area contributed by atoms with Crippen LogP contribution in [0.3, 0.4) is 0 Å². The van der Waals surface area contributed by atoms with Gasteiger partial charge in [-0.3, -0.25) is 0 Å². The van der Waals surface area contributed by atoms with Crippen LogP contribution in [0.5, 0.6) is 0 Å². The van der Waals surface area contributed by atoms with Crippen molar-refractivity contribution in [1.29, 1.82) is 0 Å². The molecule has 0 unspecified atom stereocenters. The molecule has 0 aliphatic rings. The molecular formula is C14H11N3O. The minimum atomic E-state index is 0.595. The molecule has 0 spiro atoms. The normalized spacial score (nSPS) is 10.4. The highest BCUT2D eigenvalue weighted by molar-refractivity contribution is 5.47. The molecule has 1 aromatic carbocycles. The molecule has 3 rings (SSSR count). The zero-order valence-electron chi connectivity index (χ0n) is 9.65. The van der Waals surface area contributed by atoms with Crippen LogP contribution in [-0.2, 0) is 6.42 Å². The largest absolute Gasteiger partial charge is 0.364 e. The quantitative estimate of drug-likeness (QED) is 0.702. The lowest BCUT2D eigenvalue weighted by Crippen LogP contribution is -1.96. The average molecular weight is 237 g/mol. The van der Waals surface area contributed by atoms with Gasteiger partial charge in [-0.25, -0.2) is 9.97 Å². The number of aromatic nitrogens is 3. The maximum Gasteiger partial charge on any atom is 0.181 e. The van der Waals surface area contributed by atoms with Gasteiger partial charge in [-0.05, 0) is 11.6 Å². The molecular weight excluding hydrogens is 226 g/mol. The standard InChI is InChI=1S/C14H11N3O/c1-2-4-11(5-3-1)10-12-6-8-15-14(16-12)13-7-9-18-17-13/h1-9H,10H2. The van der Waals surface area contributed by atoms with Crippen LogP contribution in [0, 0.1) is 0 Å². The lowest BCUT2D eigenvalue weighted by atomic mass is 10.1. The summed E-state index contributed by atoms with van der Waals surface area (Å²) in [7, 11) is 0. The van der Waals surface area contributed by atoms with Crippen molar-refractivity contribution in [1.82, 2.24) is 15.1 Å². The fraction of sp³-hybridized carbons (Fsp3) is 0.0714. The molecule has 0 fully saturated rings. The van der Waals surface area contributed by atoms with Gasteiger partial charge in [0.05, 0.1) is 0 Å². The molecule has 0 aliphatic heterocycles. The summed E-state index contributed by atoms with van der Waals surface area (Å²) >= 11 is 0. The van der Waals surface area contributed by atoms with Crippen molar-refractivity contribution in [3.8, 4) is 11.5 Å². The average Bonchev–Trinajstić information content (AvgIpc) is 2.94. The first-order chi connectivity index (χ1) is 8.92. The van der Waals surface area contributed by atoms with Gasteiger partial charge in [0, 0.05) is 24.4 Å². The number of hydrogen-bond donors (Lipinski definition) is 0. The van der Waals surface area contributed by atoms with Gasteiger partial charge < -0.3 is 4.52 Å². The molecule has 18 heavy (non-hydrogen) atoms. The zero-order valence-corrected chi connectivity index (χ0v) is 9.65. The Bertz CT molecular complexity index is 621. The highest BCUT2D eigenvalue weighted by Crippen LogP contribution is 2.13. The molecule has 2 aromatic heterocycles. The third kappa shape index (κ3) is 2.27. The van der Waals surface area contributed by atoms with Crippen LogP contribution in [0.2, 0.25) is 0 Å². The molecule has 0 amide bonds. The maximum absolute atomic E-state index is 4.80. The van der Waals surface area contributed by atoms with Crippen molar-refractivity contribution in [3.63, 3.8) is 0 Å². The fourth-order valence-electron chi connectivity index (χ4n) is 1.75. The third-order valence-electron chi connectivity index (χ3n) is 2.61. The number of nitrogens with zero attached hydrogens (tertiary/aromatic N) is 3. The molecule has 4 nitrogen and oxygen atoms in total. The minimum Gasteiger partial charge on any atom is -0.364 e. The fourth-order valence-corrected chi connectivity index (χ4v) is 1.75. The van der Waals surface area contributed by atoms with Crippen LogP contribution in [-0.4, -0.2) is 15.1 Å². The van der Waals surface area contributed by atoms with E-state index in [-0.39, 0.29) is 0 Å². The second-order valence-electron chi connectivity index (χ2n) is 3.92. The van der Waals surface area contributed by atoms with E-state index in [2.05, 4.69) is 27.3 Å². The van der Waals surface area contributed by atoms with E-state index in [1.165, 1.54) is 11.8 Å². The third-order valence-corrected chi connectivity index (χ3v) is 2.61. The molecule has 0 bridgehead atoms. The molecule has 3 aromatic rings. The van der Waals surface area contributed by atoms with Gasteiger partial charge in [-0.2, -0.15) is 0 Å². The van der Waals surface area contributed by atoms with Crippen molar-refractivity contribution in [2.24, 2.45) is 0 Å². The monoisotopic (exact) mass is 237 g/mol. The predicted molar refractivity (Wildman–Crippen MR) is 66.8 cm³/mol. The Hall–Kier alpha value is -2.49. The van der Waals surface area contributed by atoms with E-state index >= 15 is 0 Å². The van der Waals surface area contributed by atoms with Crippen LogP contribution in [0.1, 0.15) is 11.3 Å². The molecule has 0 saturated carbocycles. The first kappa shape index (κ1) is 10.7. The van der Waals surface area contributed by atoms with Crippen molar-refractivity contribution >= 4 is 0 Å². The van der Waals surface area contributed by atoms with Crippen LogP contribution in [0.4, 0.5) is 0 Å². The molecule has 88 valence electrons. The van der Waals surface area contributed by atoms with Crippen molar-refractivity contribution in [3.05, 3.63) is 66.2 Å². The number of benzene rings is 1. The molecule has 2 heterocycles. The van der Waals surface area contributed by atoms with Crippen LogP contribution in [0.25, 0.3) is 11.5 Å². The highest BCUT2D eigenvalue weighted by Gasteiger charge is 2.05. The van der Waals surface area contributed by atoms with E-state index in [4.69, 9.17) is 4.52 Å². The van der Waals surface area contributed by atoms with Gasteiger partial charge in [0.25, 0.3) is 0 Å². The van der Waals surface area contributed by atoms with E-state index in [9.17, 15) is 0 Å². The summed E-state index contributed by atoms with van der Waals surface area (Å²) in [6.45, 7) is 0. The van der Waals surface area contributed by atoms with E-state index in [0.29, 0.717) is 11.5 Å². The van der Waals surface area contributed by atoms with E-state index in [1.807, 2.05) is 24.3 Å². The van der Waals surface area contributed by atoms with Gasteiger partial charge >= 0.3 is 0 Å². The molecule has 0 N–H and O–H groups in total. The summed E-state index contributed by atoms with van der Waals surface area (Å²) < 4.78 is 4.80. The SMILES string of the molecule is c1ccc(Cc2ccnc(-c3ccon3)n2)cc1.